The maximum atomic E-state index is 9.49. The summed E-state index contributed by atoms with van der Waals surface area (Å²) in [4.78, 5) is 4.55. The predicted molar refractivity (Wildman–Crippen MR) is 114 cm³/mol. The largest absolute Gasteiger partial charge is 0.360 e. The number of hydrogen-bond acceptors (Lipinski definition) is 4. The third-order valence-electron chi connectivity index (χ3n) is 3.63. The minimum atomic E-state index is 0.462. The summed E-state index contributed by atoms with van der Waals surface area (Å²) in [6.45, 7) is 2.00. The van der Waals surface area contributed by atoms with E-state index in [1.165, 1.54) is 11.3 Å². The first-order valence-corrected chi connectivity index (χ1v) is 9.95. The lowest BCUT2D eigenvalue weighted by Crippen LogP contribution is -1.93. The summed E-state index contributed by atoms with van der Waals surface area (Å²) in [6, 6.07) is 13.5. The molecule has 0 bridgehead atoms. The van der Waals surface area contributed by atoms with Crippen LogP contribution in [0.5, 0.6) is 0 Å². The van der Waals surface area contributed by atoms with Crippen LogP contribution in [0.15, 0.2) is 52.5 Å². The standard InChI is InChI=1S/C19H12BrCl2N3S/c1-11-6-14(20)3-5-17(11)24-9-13(8-23)19-25-18(10-26-19)12-2-4-15(21)16(22)7-12/h2-7,9-10,24H,1H3/b13-9-. The molecule has 0 saturated heterocycles. The van der Waals surface area contributed by atoms with Crippen LogP contribution in [0.2, 0.25) is 10.0 Å². The van der Waals surface area contributed by atoms with Gasteiger partial charge in [-0.05, 0) is 42.8 Å². The Morgan fingerprint density at radius 3 is 2.73 bits per heavy atom. The quantitative estimate of drug-likeness (QED) is 0.416. The fraction of sp³-hybridized carbons (Fsp3) is 0.0526. The van der Waals surface area contributed by atoms with Crippen LogP contribution in [0.4, 0.5) is 5.69 Å². The molecular formula is C19H12BrCl2N3S. The summed E-state index contributed by atoms with van der Waals surface area (Å²) in [5.74, 6) is 0. The van der Waals surface area contributed by atoms with E-state index in [1.807, 2.05) is 36.6 Å². The van der Waals surface area contributed by atoms with Crippen LogP contribution in [0.25, 0.3) is 16.8 Å². The van der Waals surface area contributed by atoms with Crippen molar-refractivity contribution in [3.63, 3.8) is 0 Å². The van der Waals surface area contributed by atoms with E-state index in [2.05, 4.69) is 32.3 Å². The fourth-order valence-electron chi connectivity index (χ4n) is 2.27. The van der Waals surface area contributed by atoms with E-state index < -0.39 is 0 Å². The van der Waals surface area contributed by atoms with Crippen LogP contribution >= 0.6 is 50.5 Å². The molecule has 0 spiro atoms. The summed E-state index contributed by atoms with van der Waals surface area (Å²) in [6.07, 6.45) is 1.67. The molecule has 3 aromatic rings. The third-order valence-corrected chi connectivity index (χ3v) is 5.74. The van der Waals surface area contributed by atoms with Crippen molar-refractivity contribution in [1.82, 2.24) is 4.98 Å². The van der Waals surface area contributed by atoms with Crippen molar-refractivity contribution in [3.8, 4) is 17.3 Å². The first-order chi connectivity index (χ1) is 12.5. The van der Waals surface area contributed by atoms with Crippen molar-refractivity contribution in [2.75, 3.05) is 5.32 Å². The molecule has 1 heterocycles. The van der Waals surface area contributed by atoms with Crippen molar-refractivity contribution in [3.05, 3.63) is 73.1 Å². The minimum Gasteiger partial charge on any atom is -0.360 e. The van der Waals surface area contributed by atoms with Crippen LogP contribution < -0.4 is 5.32 Å². The zero-order chi connectivity index (χ0) is 18.7. The van der Waals surface area contributed by atoms with E-state index in [-0.39, 0.29) is 0 Å². The van der Waals surface area contributed by atoms with E-state index in [0.29, 0.717) is 20.6 Å². The first-order valence-electron chi connectivity index (χ1n) is 7.52. The number of hydrogen-bond donors (Lipinski definition) is 1. The highest BCUT2D eigenvalue weighted by atomic mass is 79.9. The molecule has 3 rings (SSSR count). The molecule has 26 heavy (non-hydrogen) atoms. The van der Waals surface area contributed by atoms with Crippen LogP contribution in [0, 0.1) is 18.3 Å². The van der Waals surface area contributed by atoms with Crippen LogP contribution in [0.1, 0.15) is 10.6 Å². The molecule has 0 fully saturated rings. The summed E-state index contributed by atoms with van der Waals surface area (Å²) in [5, 5.41) is 16.2. The number of thiazole rings is 1. The number of nitrogens with one attached hydrogen (secondary N) is 1. The van der Waals surface area contributed by atoms with E-state index in [1.54, 1.807) is 18.3 Å². The summed E-state index contributed by atoms with van der Waals surface area (Å²) in [5.41, 5.74) is 4.08. The Kier molecular flexibility index (Phi) is 6.00. The number of aryl methyl sites for hydroxylation is 1. The van der Waals surface area contributed by atoms with Crippen molar-refractivity contribution >= 4 is 61.7 Å². The molecule has 3 nitrogen and oxygen atoms in total. The molecule has 0 aliphatic rings. The molecule has 2 aromatic carbocycles. The molecule has 0 saturated carbocycles. The smallest absolute Gasteiger partial charge is 0.136 e. The Morgan fingerprint density at radius 2 is 2.04 bits per heavy atom. The van der Waals surface area contributed by atoms with Crippen LogP contribution in [0.3, 0.4) is 0 Å². The monoisotopic (exact) mass is 463 g/mol. The highest BCUT2D eigenvalue weighted by Crippen LogP contribution is 2.31. The highest BCUT2D eigenvalue weighted by molar-refractivity contribution is 9.10. The van der Waals surface area contributed by atoms with Gasteiger partial charge >= 0.3 is 0 Å². The van der Waals surface area contributed by atoms with Gasteiger partial charge in [0, 0.05) is 27.3 Å². The van der Waals surface area contributed by atoms with Crippen molar-refractivity contribution in [2.24, 2.45) is 0 Å². The van der Waals surface area contributed by atoms with Crippen molar-refractivity contribution in [1.29, 1.82) is 5.26 Å². The van der Waals surface area contributed by atoms with Gasteiger partial charge in [0.25, 0.3) is 0 Å². The number of benzene rings is 2. The Bertz CT molecular complexity index is 1040. The second-order valence-corrected chi connectivity index (χ2v) is 8.03. The van der Waals surface area contributed by atoms with Gasteiger partial charge in [0.05, 0.1) is 15.7 Å². The molecule has 0 atom stereocenters. The van der Waals surface area contributed by atoms with Gasteiger partial charge in [-0.15, -0.1) is 11.3 Å². The number of nitriles is 1. The molecule has 0 aliphatic carbocycles. The topological polar surface area (TPSA) is 48.7 Å². The zero-order valence-electron chi connectivity index (χ0n) is 13.6. The first kappa shape index (κ1) is 18.9. The number of anilines is 1. The lowest BCUT2D eigenvalue weighted by Gasteiger charge is -2.06. The van der Waals surface area contributed by atoms with Gasteiger partial charge in [-0.3, -0.25) is 0 Å². The Labute approximate surface area is 174 Å². The van der Waals surface area contributed by atoms with Gasteiger partial charge in [-0.25, -0.2) is 4.98 Å². The number of halogens is 3. The minimum absolute atomic E-state index is 0.462. The molecule has 130 valence electrons. The molecule has 7 heteroatoms. The van der Waals surface area contributed by atoms with Crippen LogP contribution in [-0.4, -0.2) is 4.98 Å². The maximum absolute atomic E-state index is 9.49. The van der Waals surface area contributed by atoms with Crippen molar-refractivity contribution < 1.29 is 0 Å². The van der Waals surface area contributed by atoms with Gasteiger partial charge in [-0.2, -0.15) is 5.26 Å². The SMILES string of the molecule is Cc1cc(Br)ccc1N/C=C(/C#N)c1nc(-c2ccc(Cl)c(Cl)c2)cs1. The molecule has 0 aliphatic heterocycles. The second kappa shape index (κ2) is 8.24. The molecule has 1 aromatic heterocycles. The second-order valence-electron chi connectivity index (χ2n) is 5.44. The van der Waals surface area contributed by atoms with E-state index in [4.69, 9.17) is 23.2 Å². The van der Waals surface area contributed by atoms with Gasteiger partial charge < -0.3 is 5.32 Å². The van der Waals surface area contributed by atoms with Crippen molar-refractivity contribution in [2.45, 2.75) is 6.92 Å². The van der Waals surface area contributed by atoms with Gasteiger partial charge in [-0.1, -0.05) is 45.2 Å². The van der Waals surface area contributed by atoms with Gasteiger partial charge in [0.1, 0.15) is 16.6 Å². The average Bonchev–Trinajstić information content (AvgIpc) is 3.09. The fourth-order valence-corrected chi connectivity index (χ4v) is 3.83. The number of allylic oxidation sites excluding steroid dienone is 1. The number of rotatable bonds is 4. The van der Waals surface area contributed by atoms with E-state index in [0.717, 1.165) is 27.0 Å². The Hall–Kier alpha value is -1.84. The third kappa shape index (κ3) is 4.28. The van der Waals surface area contributed by atoms with Gasteiger partial charge in [0.15, 0.2) is 0 Å². The summed E-state index contributed by atoms with van der Waals surface area (Å²) >= 11 is 16.9. The zero-order valence-corrected chi connectivity index (χ0v) is 17.5. The van der Waals surface area contributed by atoms with E-state index in [9.17, 15) is 5.26 Å². The maximum Gasteiger partial charge on any atom is 0.136 e. The predicted octanol–water partition coefficient (Wildman–Crippen LogP) is 7.16. The van der Waals surface area contributed by atoms with E-state index >= 15 is 0 Å². The Balaban J connectivity index is 1.86. The molecule has 0 amide bonds. The van der Waals surface area contributed by atoms with Crippen LogP contribution in [-0.2, 0) is 0 Å². The van der Waals surface area contributed by atoms with Gasteiger partial charge in [0.2, 0.25) is 0 Å². The summed E-state index contributed by atoms with van der Waals surface area (Å²) < 4.78 is 1.01. The Morgan fingerprint density at radius 1 is 1.23 bits per heavy atom. The molecular weight excluding hydrogens is 453 g/mol. The highest BCUT2D eigenvalue weighted by Gasteiger charge is 2.10. The molecule has 0 radical (unpaired) electrons. The summed E-state index contributed by atoms with van der Waals surface area (Å²) in [7, 11) is 0. The molecule has 1 N–H and O–H groups in total. The lowest BCUT2D eigenvalue weighted by atomic mass is 10.2. The number of nitrogens with zero attached hydrogens (tertiary/aromatic N) is 2. The lowest BCUT2D eigenvalue weighted by molar-refractivity contribution is 1.36. The number of aromatic nitrogens is 1. The average molecular weight is 465 g/mol. The normalized spacial score (nSPS) is 11.3. The molecule has 0 unspecified atom stereocenters.